The third-order valence-corrected chi connectivity index (χ3v) is 1.75. The van der Waals surface area contributed by atoms with Crippen LogP contribution in [-0.4, -0.2) is 31.0 Å². The molecule has 15 heavy (non-hydrogen) atoms. The molecular formula is C9H15F3O3. The summed E-state index contributed by atoms with van der Waals surface area (Å²) in [5.41, 5.74) is 0. The molecule has 0 spiro atoms. The second-order valence-electron chi connectivity index (χ2n) is 2.97. The summed E-state index contributed by atoms with van der Waals surface area (Å²) in [5, 5.41) is 0. The van der Waals surface area contributed by atoms with Crippen molar-refractivity contribution in [2.24, 2.45) is 0 Å². The Labute approximate surface area is 86.5 Å². The second kappa shape index (κ2) is 5.95. The molecule has 0 N–H and O–H groups in total. The molecule has 2 unspecified atom stereocenters. The summed E-state index contributed by atoms with van der Waals surface area (Å²) in [7, 11) is 0. The molecule has 0 bridgehead atoms. The number of carbonyl (C=O) groups is 1. The van der Waals surface area contributed by atoms with Gasteiger partial charge in [-0.25, -0.2) is 4.79 Å². The zero-order valence-electron chi connectivity index (χ0n) is 8.93. The number of hydrogen-bond acceptors (Lipinski definition) is 3. The first kappa shape index (κ1) is 14.2. The quantitative estimate of drug-likeness (QED) is 0.677. The van der Waals surface area contributed by atoms with Gasteiger partial charge in [0.1, 0.15) is 0 Å². The first-order valence-corrected chi connectivity index (χ1v) is 4.71. The lowest BCUT2D eigenvalue weighted by Crippen LogP contribution is -2.36. The Kier molecular flexibility index (Phi) is 5.64. The lowest BCUT2D eigenvalue weighted by Gasteiger charge is -2.21. The van der Waals surface area contributed by atoms with Gasteiger partial charge in [0, 0.05) is 0 Å². The maximum absolute atomic E-state index is 12.1. The van der Waals surface area contributed by atoms with E-state index in [0.717, 1.165) is 6.92 Å². The molecule has 90 valence electrons. The van der Waals surface area contributed by atoms with E-state index >= 15 is 0 Å². The van der Waals surface area contributed by atoms with Gasteiger partial charge in [0.15, 0.2) is 12.2 Å². The third-order valence-electron chi connectivity index (χ3n) is 1.75. The SMILES string of the molecule is CCOC(=O)C(CC)OC(C)C(F)(F)F. The lowest BCUT2D eigenvalue weighted by molar-refractivity contribution is -0.230. The van der Waals surface area contributed by atoms with Crippen LogP contribution in [0.25, 0.3) is 0 Å². The van der Waals surface area contributed by atoms with Gasteiger partial charge in [-0.2, -0.15) is 13.2 Å². The van der Waals surface area contributed by atoms with Crippen molar-refractivity contribution in [2.45, 2.75) is 45.6 Å². The van der Waals surface area contributed by atoms with Gasteiger partial charge in [-0.15, -0.1) is 0 Å². The van der Waals surface area contributed by atoms with Crippen molar-refractivity contribution in [2.75, 3.05) is 6.61 Å². The number of ether oxygens (including phenoxy) is 2. The highest BCUT2D eigenvalue weighted by Crippen LogP contribution is 2.24. The molecule has 3 nitrogen and oxygen atoms in total. The van der Waals surface area contributed by atoms with Crippen molar-refractivity contribution >= 4 is 5.97 Å². The maximum Gasteiger partial charge on any atom is 0.414 e. The highest BCUT2D eigenvalue weighted by atomic mass is 19.4. The Morgan fingerprint density at radius 3 is 2.20 bits per heavy atom. The second-order valence-corrected chi connectivity index (χ2v) is 2.97. The van der Waals surface area contributed by atoms with Crippen molar-refractivity contribution in [3.8, 4) is 0 Å². The van der Waals surface area contributed by atoms with E-state index < -0.39 is 24.4 Å². The van der Waals surface area contributed by atoms with Crippen molar-refractivity contribution in [1.82, 2.24) is 0 Å². The minimum atomic E-state index is -4.46. The van der Waals surface area contributed by atoms with Crippen molar-refractivity contribution in [3.63, 3.8) is 0 Å². The van der Waals surface area contributed by atoms with Crippen LogP contribution in [-0.2, 0) is 14.3 Å². The van der Waals surface area contributed by atoms with Gasteiger partial charge < -0.3 is 9.47 Å². The van der Waals surface area contributed by atoms with Crippen LogP contribution in [0.2, 0.25) is 0 Å². The largest absolute Gasteiger partial charge is 0.464 e. The Balaban J connectivity index is 4.27. The zero-order chi connectivity index (χ0) is 12.1. The van der Waals surface area contributed by atoms with Crippen LogP contribution in [0, 0.1) is 0 Å². The molecule has 0 aliphatic carbocycles. The van der Waals surface area contributed by atoms with Gasteiger partial charge in [-0.1, -0.05) is 6.92 Å². The van der Waals surface area contributed by atoms with Crippen LogP contribution >= 0.6 is 0 Å². The molecule has 0 aromatic rings. The fraction of sp³-hybridized carbons (Fsp3) is 0.889. The van der Waals surface area contributed by atoms with E-state index in [9.17, 15) is 18.0 Å². The molecular weight excluding hydrogens is 213 g/mol. The molecule has 0 saturated carbocycles. The van der Waals surface area contributed by atoms with Gasteiger partial charge >= 0.3 is 12.1 Å². The molecule has 0 rings (SSSR count). The van der Waals surface area contributed by atoms with Crippen LogP contribution in [0.1, 0.15) is 27.2 Å². The smallest absolute Gasteiger partial charge is 0.414 e. The molecule has 0 aliphatic heterocycles. The van der Waals surface area contributed by atoms with Crippen molar-refractivity contribution in [1.29, 1.82) is 0 Å². The van der Waals surface area contributed by atoms with E-state index in [2.05, 4.69) is 9.47 Å². The van der Waals surface area contributed by atoms with E-state index in [4.69, 9.17) is 0 Å². The van der Waals surface area contributed by atoms with E-state index in [-0.39, 0.29) is 13.0 Å². The van der Waals surface area contributed by atoms with E-state index in [1.165, 1.54) is 0 Å². The van der Waals surface area contributed by atoms with Crippen LogP contribution in [0.15, 0.2) is 0 Å². The predicted molar refractivity (Wildman–Crippen MR) is 47.3 cm³/mol. The topological polar surface area (TPSA) is 35.5 Å². The molecule has 0 aromatic carbocycles. The zero-order valence-corrected chi connectivity index (χ0v) is 8.93. The average Bonchev–Trinajstić information content (AvgIpc) is 2.12. The Morgan fingerprint density at radius 1 is 1.33 bits per heavy atom. The summed E-state index contributed by atoms with van der Waals surface area (Å²) >= 11 is 0. The number of carbonyl (C=O) groups excluding carboxylic acids is 1. The molecule has 0 heterocycles. The van der Waals surface area contributed by atoms with Crippen LogP contribution < -0.4 is 0 Å². The van der Waals surface area contributed by atoms with Crippen LogP contribution in [0.5, 0.6) is 0 Å². The average molecular weight is 228 g/mol. The summed E-state index contributed by atoms with van der Waals surface area (Å²) in [6.45, 7) is 4.13. The van der Waals surface area contributed by atoms with Crippen molar-refractivity contribution < 1.29 is 27.4 Å². The number of halogens is 3. The molecule has 2 atom stereocenters. The van der Waals surface area contributed by atoms with Gasteiger partial charge in [0.2, 0.25) is 0 Å². The molecule has 0 aromatic heterocycles. The number of alkyl halides is 3. The van der Waals surface area contributed by atoms with Gasteiger partial charge in [-0.3, -0.25) is 0 Å². The molecule has 0 amide bonds. The highest BCUT2D eigenvalue weighted by molar-refractivity contribution is 5.74. The normalized spacial score (nSPS) is 15.9. The fourth-order valence-electron chi connectivity index (χ4n) is 0.877. The fourth-order valence-corrected chi connectivity index (χ4v) is 0.877. The summed E-state index contributed by atoms with van der Waals surface area (Å²) < 4.78 is 45.5. The summed E-state index contributed by atoms with van der Waals surface area (Å²) in [6, 6.07) is 0. The standard InChI is InChI=1S/C9H15F3O3/c1-4-7(8(13)14-5-2)15-6(3)9(10,11)12/h6-7H,4-5H2,1-3H3. The first-order chi connectivity index (χ1) is 6.82. The predicted octanol–water partition coefficient (Wildman–Crippen LogP) is 2.30. The van der Waals surface area contributed by atoms with Gasteiger partial charge in [0.25, 0.3) is 0 Å². The summed E-state index contributed by atoms with van der Waals surface area (Å²) in [5.74, 6) is -0.754. The first-order valence-electron chi connectivity index (χ1n) is 4.71. The molecule has 0 fully saturated rings. The molecule has 6 heteroatoms. The summed E-state index contributed by atoms with van der Waals surface area (Å²) in [4.78, 5) is 11.1. The number of esters is 1. The Morgan fingerprint density at radius 2 is 1.87 bits per heavy atom. The molecule has 0 radical (unpaired) electrons. The van der Waals surface area contributed by atoms with E-state index in [0.29, 0.717) is 0 Å². The third kappa shape index (κ3) is 5.01. The Hall–Kier alpha value is -0.780. The monoisotopic (exact) mass is 228 g/mol. The van der Waals surface area contributed by atoms with E-state index in [1.54, 1.807) is 13.8 Å². The number of rotatable bonds is 5. The Bertz CT molecular complexity index is 203. The molecule has 0 aliphatic rings. The molecule has 0 saturated heterocycles. The van der Waals surface area contributed by atoms with E-state index in [1.807, 2.05) is 0 Å². The minimum absolute atomic E-state index is 0.124. The van der Waals surface area contributed by atoms with Crippen LogP contribution in [0.3, 0.4) is 0 Å². The van der Waals surface area contributed by atoms with Gasteiger partial charge in [0.05, 0.1) is 6.61 Å². The van der Waals surface area contributed by atoms with Crippen LogP contribution in [0.4, 0.5) is 13.2 Å². The van der Waals surface area contributed by atoms with Gasteiger partial charge in [-0.05, 0) is 20.3 Å². The minimum Gasteiger partial charge on any atom is -0.464 e. The van der Waals surface area contributed by atoms with Crippen molar-refractivity contribution in [3.05, 3.63) is 0 Å². The lowest BCUT2D eigenvalue weighted by atomic mass is 10.2. The maximum atomic E-state index is 12.1. The number of hydrogen-bond donors (Lipinski definition) is 0. The summed E-state index contributed by atoms with van der Waals surface area (Å²) in [6.07, 6.45) is -7.42. The highest BCUT2D eigenvalue weighted by Gasteiger charge is 2.39.